The van der Waals surface area contributed by atoms with Crippen LogP contribution in [0.3, 0.4) is 0 Å². The number of ether oxygens (including phenoxy) is 10. The number of carbonyl (C=O) groups excluding carboxylic acids is 1. The molecular formula is C34H35NO14S. The minimum Gasteiger partial charge on any atom is -0.493 e. The first kappa shape index (κ1) is 33.1. The predicted octanol–water partition coefficient (Wildman–Crippen LogP) is 3.67. The van der Waals surface area contributed by atoms with Crippen molar-refractivity contribution in [3.05, 3.63) is 62.9 Å². The molecular weight excluding hydrogens is 678 g/mol. The average molecular weight is 714 g/mol. The standard InChI is InChI=1S/C34H35NO14S/c1-14-42-12-24-32(47-14)28(36)29(37)34(48-24)49-30-18-9-21-20(45-13-46-21)8-17(18)26(27-19(30)11-44-33(27)38)15-6-22(40-2)31(23(7-15)41-3)43-10-16-4-5-25(35-39)50-16/h4-9,14,19,24,26-30,32,34,36-37H,10-13H2,1-3H3/t14?,19-,24?,26+,27-,28?,29?,30+,32?,34?/m0/s1. The highest BCUT2D eigenvalue weighted by Gasteiger charge is 2.56. The number of methoxy groups -OCH3 is 2. The van der Waals surface area contributed by atoms with Crippen LogP contribution in [0, 0.1) is 16.7 Å². The van der Waals surface area contributed by atoms with E-state index in [4.69, 9.17) is 47.4 Å². The third kappa shape index (κ3) is 5.64. The molecule has 0 spiro atoms. The molecule has 5 aliphatic rings. The van der Waals surface area contributed by atoms with Crippen LogP contribution >= 0.6 is 11.3 Å². The normalized spacial score (nSPS) is 32.4. The summed E-state index contributed by atoms with van der Waals surface area (Å²) in [5.74, 6) is -0.227. The number of hydrogen-bond donors (Lipinski definition) is 2. The van der Waals surface area contributed by atoms with Crippen molar-refractivity contribution in [1.82, 2.24) is 0 Å². The second-order valence-electron chi connectivity index (χ2n) is 12.6. The summed E-state index contributed by atoms with van der Waals surface area (Å²) < 4.78 is 58.9. The Hall–Kier alpha value is -4.03. The lowest BCUT2D eigenvalue weighted by Gasteiger charge is -2.47. The zero-order valence-corrected chi connectivity index (χ0v) is 28.0. The predicted molar refractivity (Wildman–Crippen MR) is 171 cm³/mol. The Morgan fingerprint density at radius 2 is 1.68 bits per heavy atom. The van der Waals surface area contributed by atoms with Gasteiger partial charge in [0, 0.05) is 16.7 Å². The van der Waals surface area contributed by atoms with Crippen LogP contribution < -0.4 is 23.7 Å². The molecule has 0 amide bonds. The molecule has 16 heteroatoms. The Morgan fingerprint density at radius 3 is 2.38 bits per heavy atom. The molecule has 2 aromatic carbocycles. The second-order valence-corrected chi connectivity index (χ2v) is 13.7. The van der Waals surface area contributed by atoms with Gasteiger partial charge in [0.25, 0.3) is 0 Å². The van der Waals surface area contributed by atoms with Crippen molar-refractivity contribution in [3.63, 3.8) is 0 Å². The van der Waals surface area contributed by atoms with Gasteiger partial charge in [-0.15, -0.1) is 16.2 Å². The van der Waals surface area contributed by atoms with E-state index in [0.717, 1.165) is 4.88 Å². The number of aliphatic hydroxyl groups is 2. The number of fused-ring (bicyclic) bond motifs is 4. The fourth-order valence-electron chi connectivity index (χ4n) is 7.50. The van der Waals surface area contributed by atoms with Crippen LogP contribution in [0.2, 0.25) is 0 Å². The minimum absolute atomic E-state index is 0.0176. The van der Waals surface area contributed by atoms with E-state index in [1.54, 1.807) is 31.2 Å². The quantitative estimate of drug-likeness (QED) is 0.242. The summed E-state index contributed by atoms with van der Waals surface area (Å²) in [5, 5.41) is 25.5. The number of nitroso groups, excluding NO2 is 1. The van der Waals surface area contributed by atoms with Gasteiger partial charge in [0.15, 0.2) is 40.6 Å². The monoisotopic (exact) mass is 713 g/mol. The fourth-order valence-corrected chi connectivity index (χ4v) is 8.20. The van der Waals surface area contributed by atoms with Crippen molar-refractivity contribution >= 4 is 22.3 Å². The van der Waals surface area contributed by atoms with Crippen LogP contribution in [0.25, 0.3) is 0 Å². The Labute approximate surface area is 289 Å². The Balaban J connectivity index is 1.17. The Bertz CT molecular complexity index is 1760. The van der Waals surface area contributed by atoms with Crippen molar-refractivity contribution in [1.29, 1.82) is 0 Å². The molecule has 8 rings (SSSR count). The molecule has 50 heavy (non-hydrogen) atoms. The summed E-state index contributed by atoms with van der Waals surface area (Å²) in [4.78, 5) is 25.4. The maximum absolute atomic E-state index is 13.7. The van der Waals surface area contributed by atoms with Crippen LogP contribution in [0.5, 0.6) is 28.7 Å². The molecule has 1 aliphatic carbocycles. The topological polar surface area (TPSA) is 179 Å². The fraction of sp³-hybridized carbons (Fsp3) is 0.500. The zero-order valence-electron chi connectivity index (χ0n) is 27.2. The van der Waals surface area contributed by atoms with E-state index in [-0.39, 0.29) is 26.6 Å². The number of nitrogens with zero attached hydrogens (tertiary/aromatic N) is 1. The number of rotatable bonds is 9. The SMILES string of the molecule is COc1cc([C@@H]2c3cc4c(cc3[C@@H](OC3OC5COC(C)OC5C(O)C3O)[C@H]3COC(=O)[C@H]23)OCO4)cc(OC)c1OCc1ccc(N=O)s1. The van der Waals surface area contributed by atoms with E-state index in [2.05, 4.69) is 5.18 Å². The van der Waals surface area contributed by atoms with Gasteiger partial charge < -0.3 is 57.6 Å². The lowest BCUT2D eigenvalue weighted by molar-refractivity contribution is -0.364. The van der Waals surface area contributed by atoms with E-state index >= 15 is 0 Å². The van der Waals surface area contributed by atoms with Crippen LogP contribution in [0.1, 0.15) is 40.5 Å². The first-order valence-electron chi connectivity index (χ1n) is 16.1. The Morgan fingerprint density at radius 1 is 0.940 bits per heavy atom. The number of esters is 1. The van der Waals surface area contributed by atoms with E-state index in [0.29, 0.717) is 50.4 Å². The second kappa shape index (κ2) is 13.3. The number of benzene rings is 2. The molecule has 0 bridgehead atoms. The summed E-state index contributed by atoms with van der Waals surface area (Å²) in [7, 11) is 3.01. The number of aliphatic hydroxyl groups excluding tert-OH is 2. The van der Waals surface area contributed by atoms with E-state index < -0.39 is 66.8 Å². The van der Waals surface area contributed by atoms with Gasteiger partial charge in [-0.3, -0.25) is 4.79 Å². The lowest BCUT2D eigenvalue weighted by Crippen LogP contribution is -2.63. The molecule has 6 unspecified atom stereocenters. The molecule has 0 saturated carbocycles. The molecule has 0 radical (unpaired) electrons. The van der Waals surface area contributed by atoms with Gasteiger partial charge in [0.2, 0.25) is 12.5 Å². The molecule has 10 atom stereocenters. The van der Waals surface area contributed by atoms with E-state index in [9.17, 15) is 19.9 Å². The van der Waals surface area contributed by atoms with Gasteiger partial charge >= 0.3 is 5.97 Å². The molecule has 1 aromatic heterocycles. The maximum Gasteiger partial charge on any atom is 0.310 e. The highest BCUT2D eigenvalue weighted by atomic mass is 32.1. The largest absolute Gasteiger partial charge is 0.493 e. The van der Waals surface area contributed by atoms with Crippen molar-refractivity contribution < 1.29 is 62.4 Å². The molecule has 2 N–H and O–H groups in total. The van der Waals surface area contributed by atoms with E-state index in [1.165, 1.54) is 25.6 Å². The third-order valence-corrected chi connectivity index (χ3v) is 10.8. The molecule has 3 aromatic rings. The lowest BCUT2D eigenvalue weighted by atomic mass is 9.66. The van der Waals surface area contributed by atoms with Crippen LogP contribution in [0.15, 0.2) is 41.6 Å². The van der Waals surface area contributed by atoms with Gasteiger partial charge in [-0.1, -0.05) is 0 Å². The smallest absolute Gasteiger partial charge is 0.310 e. The third-order valence-electron chi connectivity index (χ3n) is 9.82. The maximum atomic E-state index is 13.7. The Kier molecular flexibility index (Phi) is 8.79. The van der Waals surface area contributed by atoms with Gasteiger partial charge in [0.05, 0.1) is 39.5 Å². The highest BCUT2D eigenvalue weighted by Crippen LogP contribution is 2.57. The molecule has 5 heterocycles. The van der Waals surface area contributed by atoms with Crippen LogP contribution in [-0.4, -0.2) is 87.4 Å². The number of thiophene rings is 1. The number of cyclic esters (lactones) is 1. The first-order valence-corrected chi connectivity index (χ1v) is 16.9. The minimum atomic E-state index is -1.45. The van der Waals surface area contributed by atoms with Crippen molar-refractivity contribution in [2.75, 3.05) is 34.2 Å². The van der Waals surface area contributed by atoms with E-state index in [1.807, 2.05) is 12.1 Å². The molecule has 15 nitrogen and oxygen atoms in total. The summed E-state index contributed by atoms with van der Waals surface area (Å²) in [6, 6.07) is 10.6. The summed E-state index contributed by atoms with van der Waals surface area (Å²) >= 11 is 1.21. The van der Waals surface area contributed by atoms with Crippen LogP contribution in [0.4, 0.5) is 5.00 Å². The highest BCUT2D eigenvalue weighted by molar-refractivity contribution is 7.15. The first-order chi connectivity index (χ1) is 24.3. The summed E-state index contributed by atoms with van der Waals surface area (Å²) in [6.07, 6.45) is -6.92. The molecule has 3 fully saturated rings. The summed E-state index contributed by atoms with van der Waals surface area (Å²) in [5.41, 5.74) is 2.05. The van der Waals surface area contributed by atoms with Crippen molar-refractivity contribution in [3.8, 4) is 28.7 Å². The zero-order chi connectivity index (χ0) is 34.7. The molecule has 4 aliphatic heterocycles. The van der Waals surface area contributed by atoms with Gasteiger partial charge in [-0.2, -0.15) is 0 Å². The van der Waals surface area contributed by atoms with Crippen LogP contribution in [-0.2, 0) is 35.1 Å². The molecule has 3 saturated heterocycles. The van der Waals surface area contributed by atoms with Crippen molar-refractivity contribution in [2.45, 2.75) is 62.5 Å². The van der Waals surface area contributed by atoms with Crippen molar-refractivity contribution in [2.24, 2.45) is 17.0 Å². The van der Waals surface area contributed by atoms with Gasteiger partial charge in [-0.05, 0) is 65.2 Å². The number of carbonyl (C=O) groups is 1. The van der Waals surface area contributed by atoms with Gasteiger partial charge in [-0.25, -0.2) is 0 Å². The summed E-state index contributed by atoms with van der Waals surface area (Å²) in [6.45, 7) is 2.03. The average Bonchev–Trinajstić information content (AvgIpc) is 3.89. The molecule has 266 valence electrons. The van der Waals surface area contributed by atoms with Gasteiger partial charge in [0.1, 0.15) is 31.0 Å². The number of hydrogen-bond acceptors (Lipinski definition) is 16.